The van der Waals surface area contributed by atoms with Crippen LogP contribution < -0.4 is 10.3 Å². The van der Waals surface area contributed by atoms with Crippen molar-refractivity contribution in [1.82, 2.24) is 9.97 Å². The Kier molecular flexibility index (Phi) is 6.08. The highest BCUT2D eigenvalue weighted by Gasteiger charge is 2.20. The van der Waals surface area contributed by atoms with Gasteiger partial charge in [-0.2, -0.15) is 5.10 Å². The Morgan fingerprint density at radius 3 is 2.26 bits per heavy atom. The Bertz CT molecular complexity index is 886. The van der Waals surface area contributed by atoms with Crippen molar-refractivity contribution in [2.24, 2.45) is 5.10 Å². The molecule has 0 aliphatic heterocycles. The molecule has 0 saturated heterocycles. The summed E-state index contributed by atoms with van der Waals surface area (Å²) in [7, 11) is 1.34. The van der Waals surface area contributed by atoms with Crippen molar-refractivity contribution in [2.75, 3.05) is 24.0 Å². The smallest absolute Gasteiger partial charge is 0.414 e. The Hall–Kier alpha value is -3.74. The third-order valence-electron chi connectivity index (χ3n) is 3.69. The largest absolute Gasteiger partial charge is 0.452 e. The molecule has 0 aliphatic rings. The van der Waals surface area contributed by atoms with Gasteiger partial charge >= 0.3 is 6.09 Å². The first-order valence-electron chi connectivity index (χ1n) is 8.33. The number of rotatable bonds is 6. The number of carbonyl (C=O) groups excluding carboxylic acids is 1. The zero-order valence-electron chi connectivity index (χ0n) is 14.8. The molecule has 1 aromatic heterocycles. The fourth-order valence-corrected chi connectivity index (χ4v) is 2.38. The predicted octanol–water partition coefficient (Wildman–Crippen LogP) is 3.57. The Labute approximate surface area is 157 Å². The molecule has 0 unspecified atom stereocenters. The molecular formula is C20H19N5O2. The van der Waals surface area contributed by atoms with Crippen molar-refractivity contribution in [3.63, 3.8) is 0 Å². The van der Waals surface area contributed by atoms with E-state index in [0.717, 1.165) is 5.69 Å². The number of nitrogens with zero attached hydrogens (tertiary/aromatic N) is 4. The summed E-state index contributed by atoms with van der Waals surface area (Å²) in [4.78, 5) is 22.3. The zero-order chi connectivity index (χ0) is 18.9. The highest BCUT2D eigenvalue weighted by Crippen LogP contribution is 2.15. The number of benzene rings is 2. The first-order chi connectivity index (χ1) is 13.3. The number of methoxy groups -OCH3 is 1. The molecule has 0 aliphatic carbocycles. The van der Waals surface area contributed by atoms with E-state index in [1.54, 1.807) is 18.5 Å². The average molecular weight is 361 g/mol. The molecule has 2 aromatic carbocycles. The van der Waals surface area contributed by atoms with E-state index in [-0.39, 0.29) is 6.54 Å². The van der Waals surface area contributed by atoms with Gasteiger partial charge in [-0.3, -0.25) is 10.3 Å². The maximum Gasteiger partial charge on any atom is 0.414 e. The molecule has 0 radical (unpaired) electrons. The van der Waals surface area contributed by atoms with Gasteiger partial charge in [-0.1, -0.05) is 36.4 Å². The zero-order valence-corrected chi connectivity index (χ0v) is 14.8. The molecule has 0 bridgehead atoms. The summed E-state index contributed by atoms with van der Waals surface area (Å²) in [6, 6.07) is 20.5. The van der Waals surface area contributed by atoms with E-state index >= 15 is 0 Å². The van der Waals surface area contributed by atoms with Crippen LogP contribution in [0.25, 0.3) is 0 Å². The van der Waals surface area contributed by atoms with Crippen molar-refractivity contribution in [3.05, 3.63) is 84.9 Å². The van der Waals surface area contributed by atoms with Gasteiger partial charge in [0.25, 0.3) is 0 Å². The summed E-state index contributed by atoms with van der Waals surface area (Å²) >= 11 is 0. The van der Waals surface area contributed by atoms with Crippen LogP contribution in [0.1, 0.15) is 5.82 Å². The van der Waals surface area contributed by atoms with E-state index in [1.165, 1.54) is 12.0 Å². The lowest BCUT2D eigenvalue weighted by atomic mass is 10.2. The Morgan fingerprint density at radius 1 is 1.00 bits per heavy atom. The summed E-state index contributed by atoms with van der Waals surface area (Å²) in [6.45, 7) is 0.139. The minimum Gasteiger partial charge on any atom is -0.452 e. The van der Waals surface area contributed by atoms with Crippen molar-refractivity contribution in [3.8, 4) is 0 Å². The second kappa shape index (κ2) is 9.10. The first kappa shape index (κ1) is 18.1. The SMILES string of the molecule is COC(=O)N(C/C(=N/Nc1ccccc1)c1ncccn1)c1ccccc1. The first-order valence-corrected chi connectivity index (χ1v) is 8.33. The van der Waals surface area contributed by atoms with Crippen molar-refractivity contribution in [1.29, 1.82) is 0 Å². The molecule has 1 heterocycles. The second-order valence-corrected chi connectivity index (χ2v) is 5.50. The topological polar surface area (TPSA) is 79.7 Å². The van der Waals surface area contributed by atoms with E-state index in [9.17, 15) is 4.79 Å². The second-order valence-electron chi connectivity index (χ2n) is 5.50. The molecule has 0 spiro atoms. The van der Waals surface area contributed by atoms with Crippen LogP contribution in [0.4, 0.5) is 16.2 Å². The Balaban J connectivity index is 1.92. The van der Waals surface area contributed by atoms with E-state index in [0.29, 0.717) is 17.2 Å². The van der Waals surface area contributed by atoms with Crippen LogP contribution in [-0.2, 0) is 4.74 Å². The van der Waals surface area contributed by atoms with Gasteiger partial charge in [-0.15, -0.1) is 0 Å². The standard InChI is InChI=1S/C20H19N5O2/c1-27-20(26)25(17-11-6-3-7-12-17)15-18(19-21-13-8-14-22-19)24-23-16-9-4-2-5-10-16/h2-14,23H,15H2,1H3/b24-18-. The van der Waals surface area contributed by atoms with Gasteiger partial charge in [0.05, 0.1) is 19.3 Å². The molecule has 1 amide bonds. The van der Waals surface area contributed by atoms with Crippen LogP contribution in [0.15, 0.2) is 84.2 Å². The fourth-order valence-electron chi connectivity index (χ4n) is 2.38. The summed E-state index contributed by atoms with van der Waals surface area (Å²) < 4.78 is 4.94. The van der Waals surface area contributed by atoms with Crippen LogP contribution >= 0.6 is 0 Å². The number of aromatic nitrogens is 2. The van der Waals surface area contributed by atoms with E-state index < -0.39 is 6.09 Å². The van der Waals surface area contributed by atoms with Crippen molar-refractivity contribution in [2.45, 2.75) is 0 Å². The van der Waals surface area contributed by atoms with Gasteiger partial charge in [0.2, 0.25) is 0 Å². The van der Waals surface area contributed by atoms with Gasteiger partial charge in [0, 0.05) is 18.1 Å². The third kappa shape index (κ3) is 4.88. The molecule has 1 N–H and O–H groups in total. The van der Waals surface area contributed by atoms with Gasteiger partial charge in [-0.25, -0.2) is 14.8 Å². The summed E-state index contributed by atoms with van der Waals surface area (Å²) in [5.41, 5.74) is 4.98. The van der Waals surface area contributed by atoms with Crippen molar-refractivity contribution < 1.29 is 9.53 Å². The molecule has 0 fully saturated rings. The highest BCUT2D eigenvalue weighted by molar-refractivity contribution is 6.05. The maximum atomic E-state index is 12.3. The summed E-state index contributed by atoms with van der Waals surface area (Å²) in [5, 5.41) is 4.44. The molecule has 0 saturated carbocycles. The van der Waals surface area contributed by atoms with Crippen LogP contribution in [0.5, 0.6) is 0 Å². The molecule has 0 atom stereocenters. The highest BCUT2D eigenvalue weighted by atomic mass is 16.5. The number of ether oxygens (including phenoxy) is 1. The summed E-state index contributed by atoms with van der Waals surface area (Å²) in [5.74, 6) is 0.422. The average Bonchev–Trinajstić information content (AvgIpc) is 2.75. The molecule has 7 nitrogen and oxygen atoms in total. The quantitative estimate of drug-likeness (QED) is 0.536. The number of para-hydroxylation sites is 2. The number of hydrogen-bond acceptors (Lipinski definition) is 6. The number of anilines is 2. The minimum atomic E-state index is -0.496. The normalized spacial score (nSPS) is 10.9. The maximum absolute atomic E-state index is 12.3. The van der Waals surface area contributed by atoms with Crippen LogP contribution in [0.2, 0.25) is 0 Å². The van der Waals surface area contributed by atoms with Crippen LogP contribution in [0, 0.1) is 0 Å². The molecule has 3 rings (SSSR count). The lowest BCUT2D eigenvalue weighted by Crippen LogP contribution is -2.37. The third-order valence-corrected chi connectivity index (χ3v) is 3.69. The molecule has 7 heteroatoms. The predicted molar refractivity (Wildman–Crippen MR) is 105 cm³/mol. The number of carbonyl (C=O) groups is 1. The van der Waals surface area contributed by atoms with E-state index in [1.807, 2.05) is 60.7 Å². The monoisotopic (exact) mass is 361 g/mol. The number of nitrogens with one attached hydrogen (secondary N) is 1. The van der Waals surface area contributed by atoms with Gasteiger partial charge in [0.1, 0.15) is 5.71 Å². The van der Waals surface area contributed by atoms with Crippen LogP contribution in [-0.4, -0.2) is 35.4 Å². The molecule has 27 heavy (non-hydrogen) atoms. The molecule has 3 aromatic rings. The lowest BCUT2D eigenvalue weighted by Gasteiger charge is -2.21. The van der Waals surface area contributed by atoms with Crippen molar-refractivity contribution >= 4 is 23.2 Å². The number of hydrogen-bond donors (Lipinski definition) is 1. The Morgan fingerprint density at radius 2 is 1.63 bits per heavy atom. The number of amides is 1. The summed E-state index contributed by atoms with van der Waals surface area (Å²) in [6.07, 6.45) is 2.76. The van der Waals surface area contributed by atoms with Gasteiger partial charge < -0.3 is 4.74 Å². The fraction of sp³-hybridized carbons (Fsp3) is 0.100. The molecular weight excluding hydrogens is 342 g/mol. The van der Waals surface area contributed by atoms with E-state index in [2.05, 4.69) is 20.5 Å². The van der Waals surface area contributed by atoms with Gasteiger partial charge in [-0.05, 0) is 30.3 Å². The lowest BCUT2D eigenvalue weighted by molar-refractivity contribution is 0.179. The number of hydrazone groups is 1. The van der Waals surface area contributed by atoms with Crippen LogP contribution in [0.3, 0.4) is 0 Å². The molecule has 136 valence electrons. The van der Waals surface area contributed by atoms with E-state index in [4.69, 9.17) is 4.74 Å². The minimum absolute atomic E-state index is 0.139. The van der Waals surface area contributed by atoms with Gasteiger partial charge in [0.15, 0.2) is 5.82 Å².